The molecule has 0 unspecified atom stereocenters. The average molecular weight is 382 g/mol. The maximum atomic E-state index is 12.5. The molecule has 4 rings (SSSR count). The third-order valence-corrected chi connectivity index (χ3v) is 5.71. The number of nitrogens with zero attached hydrogens (tertiary/aromatic N) is 5. The Morgan fingerprint density at radius 2 is 2.19 bits per heavy atom. The van der Waals surface area contributed by atoms with Gasteiger partial charge >= 0.3 is 0 Å². The van der Waals surface area contributed by atoms with E-state index in [2.05, 4.69) is 32.2 Å². The second-order valence-electron chi connectivity index (χ2n) is 6.58. The zero-order chi connectivity index (χ0) is 18.6. The minimum atomic E-state index is -0.0930. The summed E-state index contributed by atoms with van der Waals surface area (Å²) in [5.41, 5.74) is 1.35. The third kappa shape index (κ3) is 4.06. The number of rotatable bonds is 5. The molecule has 0 aliphatic carbocycles. The van der Waals surface area contributed by atoms with Gasteiger partial charge in [-0.05, 0) is 31.5 Å². The van der Waals surface area contributed by atoms with Crippen LogP contribution in [0.1, 0.15) is 30.3 Å². The van der Waals surface area contributed by atoms with Gasteiger partial charge in [0.2, 0.25) is 0 Å². The van der Waals surface area contributed by atoms with Crippen molar-refractivity contribution < 1.29 is 4.79 Å². The Labute approximate surface area is 162 Å². The van der Waals surface area contributed by atoms with E-state index in [1.807, 2.05) is 29.8 Å². The first-order valence-corrected chi connectivity index (χ1v) is 10.1. The molecule has 27 heavy (non-hydrogen) atoms. The Morgan fingerprint density at radius 3 is 2.93 bits per heavy atom. The fraction of sp³-hybridized carbons (Fsp3) is 0.368. The van der Waals surface area contributed by atoms with Crippen molar-refractivity contribution >= 4 is 17.2 Å². The van der Waals surface area contributed by atoms with Crippen molar-refractivity contribution in [1.29, 1.82) is 0 Å². The number of hydrogen-bond acceptors (Lipinski definition) is 6. The van der Waals surface area contributed by atoms with Gasteiger partial charge in [-0.1, -0.05) is 13.0 Å². The zero-order valence-electron chi connectivity index (χ0n) is 15.2. The summed E-state index contributed by atoms with van der Waals surface area (Å²) in [5.74, 6) is 0.654. The topological polar surface area (TPSA) is 75.9 Å². The largest absolute Gasteiger partial charge is 0.348 e. The molecule has 0 bridgehead atoms. The van der Waals surface area contributed by atoms with Crippen molar-refractivity contribution in [3.05, 3.63) is 47.9 Å². The lowest BCUT2D eigenvalue weighted by molar-refractivity contribution is 0.0908. The summed E-state index contributed by atoms with van der Waals surface area (Å²) in [4.78, 5) is 23.7. The predicted molar refractivity (Wildman–Crippen MR) is 105 cm³/mol. The molecule has 7 nitrogen and oxygen atoms in total. The van der Waals surface area contributed by atoms with E-state index in [0.29, 0.717) is 5.69 Å². The molecule has 8 heteroatoms. The number of likely N-dealkylation sites (tertiary alicyclic amines) is 1. The van der Waals surface area contributed by atoms with Crippen molar-refractivity contribution in [2.24, 2.45) is 0 Å². The van der Waals surface area contributed by atoms with E-state index in [4.69, 9.17) is 0 Å². The molecule has 1 saturated heterocycles. The first kappa shape index (κ1) is 17.8. The lowest BCUT2D eigenvalue weighted by Crippen LogP contribution is -2.44. The molecule has 0 spiro atoms. The molecule has 1 aliphatic rings. The van der Waals surface area contributed by atoms with Gasteiger partial charge in [0.1, 0.15) is 10.7 Å². The van der Waals surface area contributed by atoms with Gasteiger partial charge in [-0.25, -0.2) is 14.6 Å². The van der Waals surface area contributed by atoms with Gasteiger partial charge in [0, 0.05) is 42.5 Å². The van der Waals surface area contributed by atoms with Crippen molar-refractivity contribution in [3.63, 3.8) is 0 Å². The summed E-state index contributed by atoms with van der Waals surface area (Å²) in [5, 5.41) is 10.1. The predicted octanol–water partition coefficient (Wildman–Crippen LogP) is 2.60. The van der Waals surface area contributed by atoms with E-state index in [1.165, 1.54) is 11.3 Å². The maximum Gasteiger partial charge on any atom is 0.270 e. The van der Waals surface area contributed by atoms with Crippen LogP contribution in [0, 0.1) is 0 Å². The number of aromatic nitrogens is 4. The fourth-order valence-electron chi connectivity index (χ4n) is 3.21. The van der Waals surface area contributed by atoms with Crippen LogP contribution in [0.25, 0.3) is 16.4 Å². The minimum Gasteiger partial charge on any atom is -0.348 e. The van der Waals surface area contributed by atoms with Gasteiger partial charge in [-0.3, -0.25) is 4.79 Å². The van der Waals surface area contributed by atoms with Crippen LogP contribution in [0.15, 0.2) is 42.2 Å². The van der Waals surface area contributed by atoms with E-state index in [0.717, 1.165) is 48.9 Å². The molecule has 1 N–H and O–H groups in total. The highest BCUT2D eigenvalue weighted by Crippen LogP contribution is 2.24. The first-order valence-electron chi connectivity index (χ1n) is 9.18. The molecular weight excluding hydrogens is 360 g/mol. The molecule has 1 aliphatic heterocycles. The molecule has 0 aromatic carbocycles. The number of carbonyl (C=O) groups is 1. The van der Waals surface area contributed by atoms with E-state index >= 15 is 0 Å². The summed E-state index contributed by atoms with van der Waals surface area (Å²) in [6.45, 7) is 5.32. The number of pyridine rings is 1. The number of hydrogen-bond donors (Lipinski definition) is 1. The standard InChI is InChI=1S/C19H22N6OS/c1-2-24-9-6-15(7-10-24)22-18(26)16-13-27-19(23-16)14-11-21-25(12-14)17-5-3-4-8-20-17/h3-5,8,11-13,15H,2,6-7,9-10H2,1H3,(H,22,26). The highest BCUT2D eigenvalue weighted by Gasteiger charge is 2.21. The zero-order valence-corrected chi connectivity index (χ0v) is 16.0. The van der Waals surface area contributed by atoms with Gasteiger partial charge in [0.05, 0.1) is 6.20 Å². The molecule has 0 saturated carbocycles. The van der Waals surface area contributed by atoms with Crippen molar-refractivity contribution in [3.8, 4) is 16.4 Å². The second kappa shape index (κ2) is 7.98. The Balaban J connectivity index is 1.41. The number of carbonyl (C=O) groups excluding carboxylic acids is 1. The van der Waals surface area contributed by atoms with Crippen molar-refractivity contribution in [1.82, 2.24) is 30.0 Å². The first-order chi connectivity index (χ1) is 13.2. The summed E-state index contributed by atoms with van der Waals surface area (Å²) in [6, 6.07) is 5.91. The summed E-state index contributed by atoms with van der Waals surface area (Å²) >= 11 is 1.45. The summed E-state index contributed by atoms with van der Waals surface area (Å²) in [7, 11) is 0. The normalized spacial score (nSPS) is 15.7. The van der Waals surface area contributed by atoms with Gasteiger partial charge < -0.3 is 10.2 Å². The Bertz CT molecular complexity index is 898. The lowest BCUT2D eigenvalue weighted by atomic mass is 10.1. The van der Waals surface area contributed by atoms with Gasteiger partial charge in [-0.15, -0.1) is 11.3 Å². The highest BCUT2D eigenvalue weighted by molar-refractivity contribution is 7.13. The maximum absolute atomic E-state index is 12.5. The van der Waals surface area contributed by atoms with Crippen LogP contribution < -0.4 is 5.32 Å². The SMILES string of the molecule is CCN1CCC(NC(=O)c2csc(-c3cnn(-c4ccccn4)c3)n2)CC1. The Morgan fingerprint density at radius 1 is 1.33 bits per heavy atom. The molecular formula is C19H22N6OS. The van der Waals surface area contributed by atoms with E-state index in [9.17, 15) is 4.79 Å². The number of nitrogens with one attached hydrogen (secondary N) is 1. The van der Waals surface area contributed by atoms with Gasteiger partial charge in [-0.2, -0.15) is 5.10 Å². The second-order valence-corrected chi connectivity index (χ2v) is 7.44. The molecule has 3 aromatic heterocycles. The lowest BCUT2D eigenvalue weighted by Gasteiger charge is -2.31. The van der Waals surface area contributed by atoms with E-state index in [1.54, 1.807) is 17.1 Å². The number of thiazole rings is 1. The van der Waals surface area contributed by atoms with E-state index in [-0.39, 0.29) is 11.9 Å². The van der Waals surface area contributed by atoms with Crippen LogP contribution >= 0.6 is 11.3 Å². The van der Waals surface area contributed by atoms with Gasteiger partial charge in [0.15, 0.2) is 5.82 Å². The van der Waals surface area contributed by atoms with Crippen molar-refractivity contribution in [2.75, 3.05) is 19.6 Å². The monoisotopic (exact) mass is 382 g/mol. The Hall–Kier alpha value is -2.58. The van der Waals surface area contributed by atoms with Crippen LogP contribution in [0.5, 0.6) is 0 Å². The van der Waals surface area contributed by atoms with Crippen LogP contribution in [-0.4, -0.2) is 56.2 Å². The summed E-state index contributed by atoms with van der Waals surface area (Å²) in [6.07, 6.45) is 7.34. The summed E-state index contributed by atoms with van der Waals surface area (Å²) < 4.78 is 1.71. The molecule has 0 atom stereocenters. The van der Waals surface area contributed by atoms with Crippen LogP contribution in [0.3, 0.4) is 0 Å². The molecule has 0 radical (unpaired) electrons. The number of amides is 1. The Kier molecular flexibility index (Phi) is 5.26. The van der Waals surface area contributed by atoms with E-state index < -0.39 is 0 Å². The molecule has 1 amide bonds. The highest BCUT2D eigenvalue weighted by atomic mass is 32.1. The minimum absolute atomic E-state index is 0.0930. The average Bonchev–Trinajstić information content (AvgIpc) is 3.39. The van der Waals surface area contributed by atoms with Crippen molar-refractivity contribution in [2.45, 2.75) is 25.8 Å². The van der Waals surface area contributed by atoms with Crippen LogP contribution in [0.2, 0.25) is 0 Å². The smallest absolute Gasteiger partial charge is 0.270 e. The molecule has 3 aromatic rings. The molecule has 4 heterocycles. The quantitative estimate of drug-likeness (QED) is 0.734. The third-order valence-electron chi connectivity index (χ3n) is 4.82. The van der Waals surface area contributed by atoms with Gasteiger partial charge in [0.25, 0.3) is 5.91 Å². The fourth-order valence-corrected chi connectivity index (χ4v) is 3.99. The number of piperidine rings is 1. The van der Waals surface area contributed by atoms with Crippen LogP contribution in [0.4, 0.5) is 0 Å². The molecule has 1 fully saturated rings. The van der Waals surface area contributed by atoms with Crippen LogP contribution in [-0.2, 0) is 0 Å². The molecule has 140 valence electrons.